The second-order valence-electron chi connectivity index (χ2n) is 7.08. The summed E-state index contributed by atoms with van der Waals surface area (Å²) in [5, 5.41) is 13.8. The number of thioether (sulfide) groups is 1. The van der Waals surface area contributed by atoms with Crippen molar-refractivity contribution in [1.82, 2.24) is 5.32 Å². The third-order valence-corrected chi connectivity index (χ3v) is 5.64. The van der Waals surface area contributed by atoms with Crippen molar-refractivity contribution in [3.05, 3.63) is 64.7 Å². The first-order valence-electron chi connectivity index (χ1n) is 9.36. The molecule has 0 spiro atoms. The van der Waals surface area contributed by atoms with E-state index in [0.29, 0.717) is 5.17 Å². The van der Waals surface area contributed by atoms with E-state index in [1.54, 1.807) is 0 Å². The summed E-state index contributed by atoms with van der Waals surface area (Å²) in [6.45, 7) is 7.81. The van der Waals surface area contributed by atoms with Crippen molar-refractivity contribution in [2.45, 2.75) is 39.4 Å². The van der Waals surface area contributed by atoms with Gasteiger partial charge in [0.1, 0.15) is 5.25 Å². The second kappa shape index (κ2) is 9.05. The Bertz CT molecular complexity index is 976. The van der Waals surface area contributed by atoms with Gasteiger partial charge in [-0.15, -0.1) is 5.10 Å². The van der Waals surface area contributed by atoms with Crippen molar-refractivity contribution in [2.24, 2.45) is 10.2 Å². The zero-order valence-corrected chi connectivity index (χ0v) is 17.8. The number of carbonyl (C=O) groups excluding carboxylic acids is 2. The number of anilines is 1. The Morgan fingerprint density at radius 3 is 2.45 bits per heavy atom. The smallest absolute Gasteiger partial charge is 0.240 e. The minimum absolute atomic E-state index is 0.0731. The maximum Gasteiger partial charge on any atom is 0.240 e. The number of aryl methyl sites for hydroxylation is 3. The number of amidine groups is 1. The van der Waals surface area contributed by atoms with E-state index >= 15 is 0 Å². The highest BCUT2D eigenvalue weighted by Crippen LogP contribution is 2.25. The predicted molar refractivity (Wildman–Crippen MR) is 120 cm³/mol. The fourth-order valence-electron chi connectivity index (χ4n) is 3.18. The molecule has 0 unspecified atom stereocenters. The van der Waals surface area contributed by atoms with Gasteiger partial charge in [-0.05, 0) is 44.4 Å². The van der Waals surface area contributed by atoms with E-state index in [4.69, 9.17) is 0 Å². The molecule has 1 atom stereocenters. The van der Waals surface area contributed by atoms with E-state index in [2.05, 4.69) is 20.8 Å². The van der Waals surface area contributed by atoms with Crippen LogP contribution >= 0.6 is 11.8 Å². The highest BCUT2D eigenvalue weighted by Gasteiger charge is 2.32. The van der Waals surface area contributed by atoms with Crippen molar-refractivity contribution in [3.63, 3.8) is 0 Å². The van der Waals surface area contributed by atoms with Gasteiger partial charge in [0, 0.05) is 12.1 Å². The van der Waals surface area contributed by atoms with Gasteiger partial charge in [0.2, 0.25) is 11.8 Å². The lowest BCUT2D eigenvalue weighted by molar-refractivity contribution is -0.122. The van der Waals surface area contributed by atoms with E-state index < -0.39 is 5.25 Å². The molecule has 0 saturated carbocycles. The summed E-state index contributed by atoms with van der Waals surface area (Å²) in [6, 6.07) is 13.7. The zero-order valence-electron chi connectivity index (χ0n) is 16.9. The lowest BCUT2D eigenvalue weighted by Crippen LogP contribution is -2.28. The molecule has 2 amide bonds. The largest absolute Gasteiger partial charge is 0.326 e. The van der Waals surface area contributed by atoms with Crippen molar-refractivity contribution in [3.8, 4) is 0 Å². The van der Waals surface area contributed by atoms with Gasteiger partial charge in [0.15, 0.2) is 5.17 Å². The third kappa shape index (κ3) is 5.32. The Morgan fingerprint density at radius 2 is 1.79 bits per heavy atom. The lowest BCUT2D eigenvalue weighted by Gasteiger charge is -2.13. The molecule has 0 radical (unpaired) electrons. The highest BCUT2D eigenvalue weighted by atomic mass is 32.2. The molecule has 0 aliphatic carbocycles. The molecule has 0 aromatic heterocycles. The molecule has 29 heavy (non-hydrogen) atoms. The number of rotatable bonds is 5. The number of hydrogen-bond acceptors (Lipinski definition) is 5. The molecule has 2 aromatic carbocycles. The Kier molecular flexibility index (Phi) is 6.49. The average Bonchev–Trinajstić information content (AvgIpc) is 3.02. The van der Waals surface area contributed by atoms with Crippen LogP contribution in [0.5, 0.6) is 0 Å². The molecule has 150 valence electrons. The van der Waals surface area contributed by atoms with E-state index in [-0.39, 0.29) is 18.2 Å². The summed E-state index contributed by atoms with van der Waals surface area (Å²) in [6.07, 6.45) is 0.0731. The first-order chi connectivity index (χ1) is 13.8. The van der Waals surface area contributed by atoms with Crippen LogP contribution in [0.15, 0.2) is 52.7 Å². The molecule has 6 nitrogen and oxygen atoms in total. The average molecular weight is 409 g/mol. The minimum Gasteiger partial charge on any atom is -0.326 e. The molecule has 1 aliphatic heterocycles. The summed E-state index contributed by atoms with van der Waals surface area (Å²) in [5.74, 6) is -0.424. The van der Waals surface area contributed by atoms with E-state index in [0.717, 1.165) is 33.7 Å². The first-order valence-corrected chi connectivity index (χ1v) is 10.2. The first kappa shape index (κ1) is 20.8. The summed E-state index contributed by atoms with van der Waals surface area (Å²) in [4.78, 5) is 24.7. The standard InChI is InChI=1S/C22H24N4O2S/c1-13-10-14(2)20(15(3)11-13)23-19(27)12-18-21(28)24-22(29-18)26-25-16(4)17-8-6-5-7-9-17/h5-11,18H,12H2,1-4H3,(H,23,27)(H,24,26,28)/t18-/m1/s1. The molecule has 1 fully saturated rings. The van der Waals surface area contributed by atoms with Gasteiger partial charge in [-0.1, -0.05) is 59.8 Å². The van der Waals surface area contributed by atoms with Gasteiger partial charge in [0.25, 0.3) is 0 Å². The van der Waals surface area contributed by atoms with Crippen LogP contribution in [0.1, 0.15) is 35.6 Å². The Hall–Kier alpha value is -2.93. The van der Waals surface area contributed by atoms with Gasteiger partial charge < -0.3 is 10.6 Å². The Balaban J connectivity index is 1.63. The van der Waals surface area contributed by atoms with Gasteiger partial charge in [-0.25, -0.2) is 0 Å². The molecule has 1 saturated heterocycles. The van der Waals surface area contributed by atoms with Crippen LogP contribution in [-0.2, 0) is 9.59 Å². The van der Waals surface area contributed by atoms with Crippen LogP contribution in [-0.4, -0.2) is 27.9 Å². The maximum absolute atomic E-state index is 12.5. The van der Waals surface area contributed by atoms with E-state index in [1.807, 2.05) is 70.2 Å². The highest BCUT2D eigenvalue weighted by molar-refractivity contribution is 8.15. The van der Waals surface area contributed by atoms with Gasteiger partial charge in [0.05, 0.1) is 5.71 Å². The quantitative estimate of drug-likeness (QED) is 0.580. The van der Waals surface area contributed by atoms with Gasteiger partial charge in [-0.2, -0.15) is 5.10 Å². The van der Waals surface area contributed by atoms with E-state index in [9.17, 15) is 9.59 Å². The molecular formula is C22H24N4O2S. The minimum atomic E-state index is -0.521. The predicted octanol–water partition coefficient (Wildman–Crippen LogP) is 3.95. The monoisotopic (exact) mass is 408 g/mol. The fourth-order valence-corrected chi connectivity index (χ4v) is 4.10. The maximum atomic E-state index is 12.5. The Labute approximate surface area is 174 Å². The van der Waals surface area contributed by atoms with Crippen LogP contribution in [0, 0.1) is 20.8 Å². The van der Waals surface area contributed by atoms with Crippen molar-refractivity contribution in [2.75, 3.05) is 5.32 Å². The molecular weight excluding hydrogens is 384 g/mol. The van der Waals surface area contributed by atoms with Gasteiger partial charge >= 0.3 is 0 Å². The summed E-state index contributed by atoms with van der Waals surface area (Å²) < 4.78 is 0. The molecule has 2 N–H and O–H groups in total. The number of hydrogen-bond donors (Lipinski definition) is 2. The number of amides is 2. The number of nitrogens with one attached hydrogen (secondary N) is 2. The molecule has 2 aromatic rings. The summed E-state index contributed by atoms with van der Waals surface area (Å²) in [5.41, 5.74) is 5.68. The Morgan fingerprint density at radius 1 is 1.14 bits per heavy atom. The van der Waals surface area contributed by atoms with Crippen LogP contribution in [0.25, 0.3) is 0 Å². The number of nitrogens with zero attached hydrogens (tertiary/aromatic N) is 2. The number of carbonyl (C=O) groups is 2. The zero-order chi connectivity index (χ0) is 21.0. The molecule has 3 rings (SSSR count). The topological polar surface area (TPSA) is 82.9 Å². The van der Waals surface area contributed by atoms with Gasteiger partial charge in [-0.3, -0.25) is 9.59 Å². The molecule has 1 heterocycles. The normalized spacial score (nSPS) is 18.1. The van der Waals surface area contributed by atoms with Crippen LogP contribution in [0.3, 0.4) is 0 Å². The molecule has 0 bridgehead atoms. The molecule has 1 aliphatic rings. The number of benzene rings is 2. The summed E-state index contributed by atoms with van der Waals surface area (Å²) >= 11 is 1.23. The SMILES string of the molecule is CC(=NN=C1NC(=O)[C@@H](CC(=O)Nc2c(C)cc(C)cc2C)S1)c1ccccc1. The van der Waals surface area contributed by atoms with Crippen LogP contribution < -0.4 is 10.6 Å². The molecule has 7 heteroatoms. The van der Waals surface area contributed by atoms with Crippen molar-refractivity contribution < 1.29 is 9.59 Å². The van der Waals surface area contributed by atoms with Crippen LogP contribution in [0.2, 0.25) is 0 Å². The fraction of sp³-hybridized carbons (Fsp3) is 0.273. The lowest BCUT2D eigenvalue weighted by atomic mass is 10.0. The van der Waals surface area contributed by atoms with Crippen LogP contribution in [0.4, 0.5) is 5.69 Å². The summed E-state index contributed by atoms with van der Waals surface area (Å²) in [7, 11) is 0. The second-order valence-corrected chi connectivity index (χ2v) is 8.27. The van der Waals surface area contributed by atoms with Crippen molar-refractivity contribution >= 4 is 40.1 Å². The van der Waals surface area contributed by atoms with Crippen molar-refractivity contribution in [1.29, 1.82) is 0 Å². The third-order valence-electron chi connectivity index (χ3n) is 4.57. The van der Waals surface area contributed by atoms with E-state index in [1.165, 1.54) is 11.8 Å².